The largest absolute Gasteiger partial charge is 0.338 e. The van der Waals surface area contributed by atoms with Crippen molar-refractivity contribution in [1.29, 1.82) is 0 Å². The van der Waals surface area contributed by atoms with E-state index in [-0.39, 0.29) is 0 Å². The van der Waals surface area contributed by atoms with E-state index in [0.717, 1.165) is 22.6 Å². The van der Waals surface area contributed by atoms with Crippen molar-refractivity contribution in [3.05, 3.63) is 78.8 Å². The maximum absolute atomic E-state index is 4.58. The molecule has 0 amide bonds. The van der Waals surface area contributed by atoms with Gasteiger partial charge in [-0.3, -0.25) is 14.6 Å². The molecule has 0 aliphatic rings. The van der Waals surface area contributed by atoms with Crippen LogP contribution in [0.25, 0.3) is 11.4 Å². The molecule has 0 saturated heterocycles. The van der Waals surface area contributed by atoms with Crippen LogP contribution in [0.2, 0.25) is 0 Å². The van der Waals surface area contributed by atoms with Crippen LogP contribution < -0.4 is 5.32 Å². The molecule has 4 rings (SSSR count). The fourth-order valence-electron chi connectivity index (χ4n) is 2.58. The molecule has 0 unspecified atom stereocenters. The van der Waals surface area contributed by atoms with Gasteiger partial charge in [0, 0.05) is 42.1 Å². The van der Waals surface area contributed by atoms with Gasteiger partial charge in [-0.1, -0.05) is 6.07 Å². The first-order chi connectivity index (χ1) is 12.8. The van der Waals surface area contributed by atoms with Gasteiger partial charge in [0.15, 0.2) is 5.82 Å². The Labute approximate surface area is 150 Å². The second-order valence-corrected chi connectivity index (χ2v) is 5.83. The predicted molar refractivity (Wildman–Crippen MR) is 98.8 cm³/mol. The zero-order valence-corrected chi connectivity index (χ0v) is 14.2. The molecular formula is C19H17N7. The van der Waals surface area contributed by atoms with E-state index in [4.69, 9.17) is 0 Å². The number of aromatic nitrogens is 6. The van der Waals surface area contributed by atoms with Crippen molar-refractivity contribution in [2.75, 3.05) is 5.32 Å². The van der Waals surface area contributed by atoms with Gasteiger partial charge in [0.1, 0.15) is 5.82 Å². The summed E-state index contributed by atoms with van der Waals surface area (Å²) in [5.74, 6) is 1.36. The second-order valence-electron chi connectivity index (χ2n) is 5.83. The van der Waals surface area contributed by atoms with E-state index in [2.05, 4.69) is 30.4 Å². The molecule has 0 aromatic carbocycles. The maximum Gasteiger partial charge on any atom is 0.163 e. The first-order valence-corrected chi connectivity index (χ1v) is 8.22. The van der Waals surface area contributed by atoms with Crippen LogP contribution in [0.3, 0.4) is 0 Å². The molecule has 0 aliphatic heterocycles. The Balaban J connectivity index is 1.53. The first kappa shape index (κ1) is 15.9. The lowest BCUT2D eigenvalue weighted by Crippen LogP contribution is -2.01. The highest BCUT2D eigenvalue weighted by Crippen LogP contribution is 2.19. The number of pyridine rings is 2. The third-order valence-electron chi connectivity index (χ3n) is 3.73. The normalized spacial score (nSPS) is 10.7. The smallest absolute Gasteiger partial charge is 0.163 e. The molecule has 0 aliphatic carbocycles. The lowest BCUT2D eigenvalue weighted by molar-refractivity contribution is 0.673. The average Bonchev–Trinajstić information content (AvgIpc) is 3.09. The Kier molecular flexibility index (Phi) is 4.34. The summed E-state index contributed by atoms with van der Waals surface area (Å²) in [6, 6.07) is 11.6. The van der Waals surface area contributed by atoms with Gasteiger partial charge in [-0.25, -0.2) is 9.97 Å². The van der Waals surface area contributed by atoms with Crippen molar-refractivity contribution in [2.24, 2.45) is 0 Å². The van der Waals surface area contributed by atoms with E-state index >= 15 is 0 Å². The van der Waals surface area contributed by atoms with E-state index in [1.54, 1.807) is 24.8 Å². The standard InChI is InChI=1S/C19H17N7/c1-14-9-18(25-19(23-14)15-5-4-7-20-10-15)24-17-11-22-26(13-17)12-16-6-2-3-8-21-16/h2-11,13H,12H2,1H3,(H,23,24,25). The second kappa shape index (κ2) is 7.10. The molecule has 0 atom stereocenters. The van der Waals surface area contributed by atoms with Crippen molar-refractivity contribution in [1.82, 2.24) is 29.7 Å². The minimum Gasteiger partial charge on any atom is -0.338 e. The predicted octanol–water partition coefficient (Wildman–Crippen LogP) is 3.23. The van der Waals surface area contributed by atoms with Gasteiger partial charge in [0.25, 0.3) is 0 Å². The minimum absolute atomic E-state index is 0.617. The Morgan fingerprint density at radius 2 is 2.00 bits per heavy atom. The number of anilines is 2. The van der Waals surface area contributed by atoms with Crippen LogP contribution in [0.1, 0.15) is 11.4 Å². The molecule has 4 aromatic rings. The molecule has 0 fully saturated rings. The summed E-state index contributed by atoms with van der Waals surface area (Å²) in [7, 11) is 0. The van der Waals surface area contributed by atoms with E-state index in [0.29, 0.717) is 18.2 Å². The van der Waals surface area contributed by atoms with Gasteiger partial charge in [-0.15, -0.1) is 0 Å². The van der Waals surface area contributed by atoms with Crippen LogP contribution in [0.5, 0.6) is 0 Å². The third kappa shape index (κ3) is 3.72. The molecule has 1 N–H and O–H groups in total. The van der Waals surface area contributed by atoms with Crippen molar-refractivity contribution in [2.45, 2.75) is 13.5 Å². The molecule has 0 bridgehead atoms. The van der Waals surface area contributed by atoms with Crippen LogP contribution in [0.15, 0.2) is 67.4 Å². The summed E-state index contributed by atoms with van der Waals surface area (Å²) < 4.78 is 1.83. The zero-order valence-electron chi connectivity index (χ0n) is 14.2. The van der Waals surface area contributed by atoms with Gasteiger partial charge in [0.05, 0.1) is 24.1 Å². The Morgan fingerprint density at radius 3 is 2.81 bits per heavy atom. The van der Waals surface area contributed by atoms with Crippen molar-refractivity contribution in [3.8, 4) is 11.4 Å². The molecule has 0 spiro atoms. The number of hydrogen-bond donors (Lipinski definition) is 1. The molecule has 7 heteroatoms. The summed E-state index contributed by atoms with van der Waals surface area (Å²) in [5, 5.41) is 7.66. The maximum atomic E-state index is 4.58. The highest BCUT2D eigenvalue weighted by molar-refractivity contribution is 5.60. The zero-order chi connectivity index (χ0) is 17.8. The number of hydrogen-bond acceptors (Lipinski definition) is 6. The molecule has 7 nitrogen and oxygen atoms in total. The highest BCUT2D eigenvalue weighted by atomic mass is 15.3. The molecule has 128 valence electrons. The Morgan fingerprint density at radius 1 is 1.04 bits per heavy atom. The topological polar surface area (TPSA) is 81.4 Å². The monoisotopic (exact) mass is 343 g/mol. The first-order valence-electron chi connectivity index (χ1n) is 8.22. The number of rotatable bonds is 5. The number of nitrogens with zero attached hydrogens (tertiary/aromatic N) is 6. The van der Waals surface area contributed by atoms with Crippen LogP contribution in [0.4, 0.5) is 11.5 Å². The van der Waals surface area contributed by atoms with Gasteiger partial charge >= 0.3 is 0 Å². The minimum atomic E-state index is 0.617. The van der Waals surface area contributed by atoms with Gasteiger partial charge < -0.3 is 5.32 Å². The highest BCUT2D eigenvalue weighted by Gasteiger charge is 2.07. The van der Waals surface area contributed by atoms with Crippen molar-refractivity contribution in [3.63, 3.8) is 0 Å². The van der Waals surface area contributed by atoms with Crippen LogP contribution >= 0.6 is 0 Å². The summed E-state index contributed by atoms with van der Waals surface area (Å²) in [4.78, 5) is 17.5. The van der Waals surface area contributed by atoms with E-state index in [1.807, 2.05) is 54.2 Å². The van der Waals surface area contributed by atoms with E-state index in [9.17, 15) is 0 Å². The molecule has 0 radical (unpaired) electrons. The number of nitrogens with one attached hydrogen (secondary N) is 1. The molecule has 4 aromatic heterocycles. The Hall–Kier alpha value is -3.61. The van der Waals surface area contributed by atoms with Gasteiger partial charge in [0.2, 0.25) is 0 Å². The quantitative estimate of drug-likeness (QED) is 0.599. The Bertz CT molecular complexity index is 997. The lowest BCUT2D eigenvalue weighted by atomic mass is 10.2. The molecule has 4 heterocycles. The van der Waals surface area contributed by atoms with E-state index in [1.165, 1.54) is 0 Å². The van der Waals surface area contributed by atoms with Crippen LogP contribution in [-0.2, 0) is 6.54 Å². The van der Waals surface area contributed by atoms with Crippen molar-refractivity contribution >= 4 is 11.5 Å². The fourth-order valence-corrected chi connectivity index (χ4v) is 2.58. The fraction of sp³-hybridized carbons (Fsp3) is 0.105. The average molecular weight is 343 g/mol. The SMILES string of the molecule is Cc1cc(Nc2cnn(Cc3ccccn3)c2)nc(-c2cccnc2)n1. The lowest BCUT2D eigenvalue weighted by Gasteiger charge is -2.07. The third-order valence-corrected chi connectivity index (χ3v) is 3.73. The molecular weight excluding hydrogens is 326 g/mol. The van der Waals surface area contributed by atoms with Gasteiger partial charge in [-0.2, -0.15) is 5.10 Å². The van der Waals surface area contributed by atoms with Crippen LogP contribution in [0, 0.1) is 6.92 Å². The summed E-state index contributed by atoms with van der Waals surface area (Å²) in [6.45, 7) is 2.56. The van der Waals surface area contributed by atoms with Crippen LogP contribution in [-0.4, -0.2) is 29.7 Å². The summed E-state index contributed by atoms with van der Waals surface area (Å²) >= 11 is 0. The number of aryl methyl sites for hydroxylation is 1. The van der Waals surface area contributed by atoms with E-state index < -0.39 is 0 Å². The van der Waals surface area contributed by atoms with Crippen molar-refractivity contribution < 1.29 is 0 Å². The molecule has 0 saturated carbocycles. The van der Waals surface area contributed by atoms with Gasteiger partial charge in [-0.05, 0) is 31.2 Å². The summed E-state index contributed by atoms with van der Waals surface area (Å²) in [6.07, 6.45) is 8.96. The summed E-state index contributed by atoms with van der Waals surface area (Å²) in [5.41, 5.74) is 3.57. The molecule has 26 heavy (non-hydrogen) atoms.